The second-order valence-electron chi connectivity index (χ2n) is 28.5. The second kappa shape index (κ2) is 28.5. The highest BCUT2D eigenvalue weighted by atomic mass is 16.3. The number of nitriles is 2. The van der Waals surface area contributed by atoms with Crippen molar-refractivity contribution in [3.8, 4) is 57.2 Å². The molecule has 12 heteroatoms. The van der Waals surface area contributed by atoms with Crippen molar-refractivity contribution in [3.63, 3.8) is 0 Å². The van der Waals surface area contributed by atoms with Crippen LogP contribution in [-0.4, -0.2) is 0 Å². The molecule has 0 aliphatic rings. The first-order valence-corrected chi connectivity index (χ1v) is 35.4. The van der Waals surface area contributed by atoms with Gasteiger partial charge in [-0.05, 0) is 181 Å². The van der Waals surface area contributed by atoms with Gasteiger partial charge in [0.1, 0.15) is 73.3 Å². The first-order valence-electron chi connectivity index (χ1n) is 35.4. The Hall–Kier alpha value is -12.5. The highest BCUT2D eigenvalue weighted by molar-refractivity contribution is 6.15. The van der Waals surface area contributed by atoms with E-state index in [4.69, 9.17) is 30.8 Å². The SMILES string of the molecule is Cc1cc(C#N)c2c(oc3ccc(C(C)C)cc32)c1-c1cccc[n+]1C.Cc1ccc2c(oc3ccc(C(C)C)c(C#N)c32)c1-c1cccc[n+]1C.[C-]#[N+]c1cc(C(C)C)cc2c1oc1cc(-c3cccc[n+]3C)c(C)cc12.[C-]#[N+]c1cc2oc3cc(-c4cccc[n+]4C)c(C)cc3c2cc1C(C)C. The molecule has 0 N–H and O–H groups in total. The van der Waals surface area contributed by atoms with Crippen molar-refractivity contribution in [2.24, 2.45) is 28.2 Å². The number of aryl methyl sites for hydroxylation is 8. The van der Waals surface area contributed by atoms with Crippen LogP contribution in [0.1, 0.15) is 135 Å². The Morgan fingerprint density at radius 2 is 0.846 bits per heavy atom. The first-order chi connectivity index (χ1) is 50.0. The number of fused-ring (bicyclic) bond motifs is 12. The van der Waals surface area contributed by atoms with Gasteiger partial charge in [-0.25, -0.2) is 28.0 Å². The van der Waals surface area contributed by atoms with Gasteiger partial charge in [0.05, 0.1) is 52.6 Å². The summed E-state index contributed by atoms with van der Waals surface area (Å²) in [5.74, 6) is 1.38. The van der Waals surface area contributed by atoms with Crippen molar-refractivity contribution < 1.29 is 35.9 Å². The molecule has 16 rings (SSSR count). The molecule has 12 nitrogen and oxygen atoms in total. The van der Waals surface area contributed by atoms with Crippen molar-refractivity contribution in [1.29, 1.82) is 10.5 Å². The molecular weight excluding hydrogens is 1280 g/mol. The van der Waals surface area contributed by atoms with E-state index in [1.807, 2.05) is 126 Å². The number of hydrogen-bond acceptors (Lipinski definition) is 6. The maximum Gasteiger partial charge on any atom is 0.229 e. The standard InChI is InChI=1S/4C23H21N2O/c1-14(2)16-11-19-18-10-15(3)17(21-8-6-7-9-25(21)5)12-22(18)26-23(19)13-20(16)24-4;1-14(2)16-11-19-18-10-15(3)17(21-8-6-7-9-25(21)5)13-22(18)26-23(19)20(12-16)24-4;1-14(2)16-10-11-20-22(18(16)13-24)17-9-8-15(3)21(23(17)26-20)19-7-5-6-12-25(19)4;1-14(2)16-8-9-20-18(12-16)22-17(13-24)11-15(3)21(23(22)26-20)19-7-5-6-10-25(19)4/h2*6-14H,1-3,5H3;2*5-12,14H,1-4H3/q4*+1. The van der Waals surface area contributed by atoms with Crippen LogP contribution in [0.25, 0.3) is 142 Å². The van der Waals surface area contributed by atoms with Crippen molar-refractivity contribution >= 4 is 99.1 Å². The van der Waals surface area contributed by atoms with Crippen LogP contribution in [0.15, 0.2) is 212 Å². The fraction of sp³-hybridized carbons (Fsp3) is 0.217. The molecule has 0 saturated carbocycles. The summed E-state index contributed by atoms with van der Waals surface area (Å²) in [6, 6.07) is 62.6. The number of aromatic nitrogens is 4. The van der Waals surface area contributed by atoms with Gasteiger partial charge in [-0.15, -0.1) is 0 Å². The number of furan rings is 4. The van der Waals surface area contributed by atoms with Gasteiger partial charge in [0.2, 0.25) is 28.5 Å². The Balaban J connectivity index is 0.000000123. The molecule has 16 aromatic rings. The normalized spacial score (nSPS) is 11.4. The second-order valence-corrected chi connectivity index (χ2v) is 28.5. The van der Waals surface area contributed by atoms with Gasteiger partial charge in [0.25, 0.3) is 0 Å². The number of pyridine rings is 4. The van der Waals surface area contributed by atoms with Gasteiger partial charge in [0.15, 0.2) is 36.1 Å². The van der Waals surface area contributed by atoms with E-state index in [2.05, 4.69) is 220 Å². The molecule has 512 valence electrons. The lowest BCUT2D eigenvalue weighted by atomic mass is 9.93. The lowest BCUT2D eigenvalue weighted by Crippen LogP contribution is -2.30. The monoisotopic (exact) mass is 1360 g/mol. The molecular formula is C92H84N8O4+4. The molecule has 8 aromatic heterocycles. The van der Waals surface area contributed by atoms with Crippen molar-refractivity contribution in [1.82, 2.24) is 0 Å². The van der Waals surface area contributed by atoms with Crippen molar-refractivity contribution in [2.75, 3.05) is 0 Å². The smallest absolute Gasteiger partial charge is 0.229 e. The van der Waals surface area contributed by atoms with E-state index >= 15 is 0 Å². The molecule has 0 amide bonds. The minimum atomic E-state index is 0.288. The summed E-state index contributed by atoms with van der Waals surface area (Å²) in [5, 5.41) is 27.7. The van der Waals surface area contributed by atoms with E-state index in [0.717, 1.165) is 155 Å². The quantitative estimate of drug-likeness (QED) is 0.110. The molecule has 0 spiro atoms. The topological polar surface area (TPSA) is 124 Å². The first kappa shape index (κ1) is 70.0. The number of nitrogens with zero attached hydrogens (tertiary/aromatic N) is 8. The summed E-state index contributed by atoms with van der Waals surface area (Å²) in [5.41, 5.74) is 27.1. The molecule has 0 saturated heterocycles. The van der Waals surface area contributed by atoms with Crippen LogP contribution in [0.2, 0.25) is 0 Å². The van der Waals surface area contributed by atoms with E-state index in [-0.39, 0.29) is 5.92 Å². The zero-order valence-electron chi connectivity index (χ0n) is 62.0. The van der Waals surface area contributed by atoms with E-state index in [1.165, 1.54) is 22.3 Å². The van der Waals surface area contributed by atoms with Gasteiger partial charge in [-0.1, -0.05) is 91.3 Å². The lowest BCUT2D eigenvalue weighted by molar-refractivity contribution is -0.660. The zero-order chi connectivity index (χ0) is 73.7. The van der Waals surface area contributed by atoms with E-state index < -0.39 is 0 Å². The molecule has 0 atom stereocenters. The van der Waals surface area contributed by atoms with Crippen LogP contribution in [-0.2, 0) is 28.2 Å². The average molecular weight is 1370 g/mol. The maximum absolute atomic E-state index is 9.83. The highest BCUT2D eigenvalue weighted by Crippen LogP contribution is 2.45. The molecule has 8 aromatic carbocycles. The number of rotatable bonds is 8. The molecule has 8 heterocycles. The molecule has 0 fully saturated rings. The van der Waals surface area contributed by atoms with Gasteiger partial charge in [0, 0.05) is 91.6 Å². The largest absolute Gasteiger partial charge is 0.467 e. The fourth-order valence-electron chi connectivity index (χ4n) is 14.5. The third kappa shape index (κ3) is 12.8. The lowest BCUT2D eigenvalue weighted by Gasteiger charge is -2.08. The maximum atomic E-state index is 9.83. The molecule has 0 aliphatic carbocycles. The number of hydrogen-bond donors (Lipinski definition) is 0. The predicted molar refractivity (Wildman–Crippen MR) is 419 cm³/mol. The van der Waals surface area contributed by atoms with Crippen LogP contribution < -0.4 is 18.3 Å². The molecule has 0 bridgehead atoms. The summed E-state index contributed by atoms with van der Waals surface area (Å²) in [6.45, 7) is 40.5. The van der Waals surface area contributed by atoms with Crippen LogP contribution in [0.5, 0.6) is 0 Å². The minimum absolute atomic E-state index is 0.288. The van der Waals surface area contributed by atoms with Crippen LogP contribution in [0.4, 0.5) is 11.4 Å². The highest BCUT2D eigenvalue weighted by Gasteiger charge is 2.27. The van der Waals surface area contributed by atoms with Gasteiger partial charge in [-0.2, -0.15) is 10.5 Å². The third-order valence-electron chi connectivity index (χ3n) is 20.2. The Morgan fingerprint density at radius 3 is 1.38 bits per heavy atom. The minimum Gasteiger partial charge on any atom is -0.467 e. The van der Waals surface area contributed by atoms with Crippen molar-refractivity contribution in [2.45, 2.75) is 107 Å². The van der Waals surface area contributed by atoms with Gasteiger partial charge < -0.3 is 17.7 Å². The Morgan fingerprint density at radius 1 is 0.356 bits per heavy atom. The average Bonchev–Trinajstić information content (AvgIpc) is 1.60. The van der Waals surface area contributed by atoms with E-state index in [1.54, 1.807) is 0 Å². The molecule has 0 aliphatic heterocycles. The van der Waals surface area contributed by atoms with Gasteiger partial charge >= 0.3 is 0 Å². The summed E-state index contributed by atoms with van der Waals surface area (Å²) >= 11 is 0. The summed E-state index contributed by atoms with van der Waals surface area (Å²) in [6.07, 6.45) is 8.16. The predicted octanol–water partition coefficient (Wildman–Crippen LogP) is 22.9. The fourth-order valence-corrected chi connectivity index (χ4v) is 14.5. The molecule has 0 unspecified atom stereocenters. The van der Waals surface area contributed by atoms with E-state index in [0.29, 0.717) is 40.3 Å². The van der Waals surface area contributed by atoms with Crippen LogP contribution in [0, 0.1) is 63.5 Å². The van der Waals surface area contributed by atoms with E-state index in [9.17, 15) is 10.5 Å². The summed E-state index contributed by atoms with van der Waals surface area (Å²) < 4.78 is 33.3. The van der Waals surface area contributed by atoms with Crippen LogP contribution >= 0.6 is 0 Å². The Kier molecular flexibility index (Phi) is 19.2. The van der Waals surface area contributed by atoms with Gasteiger partial charge in [-0.3, -0.25) is 0 Å². The zero-order valence-corrected chi connectivity index (χ0v) is 62.0. The molecule has 0 radical (unpaired) electrons. The van der Waals surface area contributed by atoms with Crippen molar-refractivity contribution in [3.05, 3.63) is 273 Å². The van der Waals surface area contributed by atoms with Crippen LogP contribution in [0.3, 0.4) is 0 Å². The summed E-state index contributed by atoms with van der Waals surface area (Å²) in [4.78, 5) is 7.40. The third-order valence-corrected chi connectivity index (χ3v) is 20.2. The number of benzene rings is 8. The Labute approximate surface area is 607 Å². The molecule has 104 heavy (non-hydrogen) atoms. The summed E-state index contributed by atoms with van der Waals surface area (Å²) in [7, 11) is 8.16. The Bertz CT molecular complexity index is 6300.